The van der Waals surface area contributed by atoms with Gasteiger partial charge in [0.05, 0.1) is 6.04 Å². The molecule has 0 fully saturated rings. The number of hydrogen-bond donors (Lipinski definition) is 2. The molecule has 4 heteroatoms. The lowest BCUT2D eigenvalue weighted by Gasteiger charge is -2.28. The smallest absolute Gasteiger partial charge is 0.236 e. The summed E-state index contributed by atoms with van der Waals surface area (Å²) in [5.74, 6) is 0.858. The molecule has 1 aromatic carbocycles. The third-order valence-corrected chi connectivity index (χ3v) is 4.19. The molecule has 0 aliphatic rings. The number of carbonyl (C=O) groups excluding carboxylic acids is 1. The van der Waals surface area contributed by atoms with Gasteiger partial charge in [0.25, 0.3) is 0 Å². The van der Waals surface area contributed by atoms with Crippen molar-refractivity contribution >= 4 is 17.7 Å². The molecule has 0 aliphatic carbocycles. The van der Waals surface area contributed by atoms with Crippen molar-refractivity contribution in [2.45, 2.75) is 38.6 Å². The van der Waals surface area contributed by atoms with Gasteiger partial charge in [-0.15, -0.1) is 0 Å². The highest BCUT2D eigenvalue weighted by Gasteiger charge is 2.24. The van der Waals surface area contributed by atoms with Gasteiger partial charge in [0.15, 0.2) is 0 Å². The van der Waals surface area contributed by atoms with E-state index in [1.807, 2.05) is 18.4 Å². The molecular formula is C16H26N2OS. The summed E-state index contributed by atoms with van der Waals surface area (Å²) in [6, 6.07) is 7.88. The molecule has 20 heavy (non-hydrogen) atoms. The van der Waals surface area contributed by atoms with E-state index in [0.717, 1.165) is 12.2 Å². The summed E-state index contributed by atoms with van der Waals surface area (Å²) in [5, 5.41) is 2.98. The third-order valence-electron chi connectivity index (χ3n) is 3.55. The number of carbonyl (C=O) groups is 1. The lowest BCUT2D eigenvalue weighted by Crippen LogP contribution is -2.45. The molecule has 3 nitrogen and oxygen atoms in total. The maximum atomic E-state index is 12.0. The van der Waals surface area contributed by atoms with Gasteiger partial charge < -0.3 is 11.1 Å². The van der Waals surface area contributed by atoms with E-state index < -0.39 is 6.04 Å². The lowest BCUT2D eigenvalue weighted by molar-refractivity contribution is -0.122. The number of benzene rings is 1. The minimum atomic E-state index is -0.407. The van der Waals surface area contributed by atoms with E-state index in [2.05, 4.69) is 38.2 Å². The molecule has 3 N–H and O–H groups in total. The highest BCUT2D eigenvalue weighted by Crippen LogP contribution is 2.25. The van der Waals surface area contributed by atoms with Crippen molar-refractivity contribution in [1.82, 2.24) is 5.32 Å². The van der Waals surface area contributed by atoms with Crippen LogP contribution in [0.3, 0.4) is 0 Å². The van der Waals surface area contributed by atoms with E-state index in [4.69, 9.17) is 5.73 Å². The average molecular weight is 294 g/mol. The minimum Gasteiger partial charge on any atom is -0.354 e. The first kappa shape index (κ1) is 17.1. The van der Waals surface area contributed by atoms with Crippen LogP contribution in [0.2, 0.25) is 0 Å². The monoisotopic (exact) mass is 294 g/mol. The van der Waals surface area contributed by atoms with Crippen LogP contribution in [-0.2, 0) is 10.2 Å². The number of amides is 1. The van der Waals surface area contributed by atoms with E-state index in [1.54, 1.807) is 11.8 Å². The molecule has 1 aromatic rings. The van der Waals surface area contributed by atoms with E-state index in [-0.39, 0.29) is 11.3 Å². The fraction of sp³-hybridized carbons (Fsp3) is 0.562. The van der Waals surface area contributed by atoms with Crippen molar-refractivity contribution in [2.24, 2.45) is 5.73 Å². The Morgan fingerprint density at radius 3 is 2.65 bits per heavy atom. The summed E-state index contributed by atoms with van der Waals surface area (Å²) in [6.07, 6.45) is 2.74. The van der Waals surface area contributed by atoms with Crippen molar-refractivity contribution in [3.8, 4) is 0 Å². The summed E-state index contributed by atoms with van der Waals surface area (Å²) in [7, 11) is 0. The number of thioether (sulfide) groups is 1. The van der Waals surface area contributed by atoms with Gasteiger partial charge >= 0.3 is 0 Å². The second-order valence-electron chi connectivity index (χ2n) is 5.80. The van der Waals surface area contributed by atoms with E-state index in [1.165, 1.54) is 11.1 Å². The van der Waals surface area contributed by atoms with Gasteiger partial charge in [-0.05, 0) is 36.5 Å². The van der Waals surface area contributed by atoms with Gasteiger partial charge in [-0.25, -0.2) is 0 Å². The molecule has 0 radical (unpaired) electrons. The average Bonchev–Trinajstić information content (AvgIpc) is 2.42. The highest BCUT2D eigenvalue weighted by molar-refractivity contribution is 7.98. The molecule has 1 atom stereocenters. The molecule has 0 unspecified atom stereocenters. The van der Waals surface area contributed by atoms with Crippen molar-refractivity contribution in [3.63, 3.8) is 0 Å². The standard InChI is InChI=1S/C16H26N2OS/c1-12-7-5-6-8-13(12)16(2,3)11-18-15(19)14(17)9-10-20-4/h5-8,14H,9-11,17H2,1-4H3,(H,18,19)/t14-/m0/s1. The summed E-state index contributed by atoms with van der Waals surface area (Å²) < 4.78 is 0. The van der Waals surface area contributed by atoms with Crippen LogP contribution in [0, 0.1) is 6.92 Å². The van der Waals surface area contributed by atoms with Gasteiger partial charge in [0, 0.05) is 12.0 Å². The van der Waals surface area contributed by atoms with Crippen LogP contribution in [0.1, 0.15) is 31.4 Å². The SMILES string of the molecule is CSCC[C@H](N)C(=O)NCC(C)(C)c1ccccc1C. The number of hydrogen-bond acceptors (Lipinski definition) is 3. The topological polar surface area (TPSA) is 55.1 Å². The predicted molar refractivity (Wildman–Crippen MR) is 88.2 cm³/mol. The normalized spacial score (nSPS) is 13.1. The van der Waals surface area contributed by atoms with Crippen molar-refractivity contribution in [3.05, 3.63) is 35.4 Å². The molecule has 1 rings (SSSR count). The predicted octanol–water partition coefficient (Wildman–Crippen LogP) is 2.47. The van der Waals surface area contributed by atoms with Crippen LogP contribution < -0.4 is 11.1 Å². The zero-order valence-corrected chi connectivity index (χ0v) is 13.7. The first-order valence-electron chi connectivity index (χ1n) is 6.97. The quantitative estimate of drug-likeness (QED) is 0.812. The Labute approximate surface area is 126 Å². The zero-order valence-electron chi connectivity index (χ0n) is 12.9. The molecule has 112 valence electrons. The number of aryl methyl sites for hydroxylation is 1. The Kier molecular flexibility index (Phi) is 6.56. The Morgan fingerprint density at radius 1 is 1.40 bits per heavy atom. The number of rotatable bonds is 7. The zero-order chi connectivity index (χ0) is 15.2. The van der Waals surface area contributed by atoms with E-state index >= 15 is 0 Å². The third kappa shape index (κ3) is 4.84. The first-order chi connectivity index (χ1) is 9.38. The van der Waals surface area contributed by atoms with Gasteiger partial charge in [0.2, 0.25) is 5.91 Å². The second kappa shape index (κ2) is 7.70. The Hall–Kier alpha value is -1.00. The number of nitrogens with two attached hydrogens (primary N) is 1. The Bertz CT molecular complexity index is 446. The van der Waals surface area contributed by atoms with Crippen molar-refractivity contribution < 1.29 is 4.79 Å². The van der Waals surface area contributed by atoms with Crippen molar-refractivity contribution in [1.29, 1.82) is 0 Å². The van der Waals surface area contributed by atoms with Crippen LogP contribution >= 0.6 is 11.8 Å². The molecular weight excluding hydrogens is 268 g/mol. The van der Waals surface area contributed by atoms with Crippen LogP contribution in [-0.4, -0.2) is 30.5 Å². The highest BCUT2D eigenvalue weighted by atomic mass is 32.2. The minimum absolute atomic E-state index is 0.0549. The van der Waals surface area contributed by atoms with Gasteiger partial charge in [-0.3, -0.25) is 4.79 Å². The summed E-state index contributed by atoms with van der Waals surface area (Å²) >= 11 is 1.71. The summed E-state index contributed by atoms with van der Waals surface area (Å²) in [6.45, 7) is 6.98. The molecule has 0 heterocycles. The summed E-state index contributed by atoms with van der Waals surface area (Å²) in [4.78, 5) is 12.0. The summed E-state index contributed by atoms with van der Waals surface area (Å²) in [5.41, 5.74) is 8.29. The van der Waals surface area contributed by atoms with Crippen LogP contribution in [0.4, 0.5) is 0 Å². The van der Waals surface area contributed by atoms with Crippen molar-refractivity contribution in [2.75, 3.05) is 18.6 Å². The number of nitrogens with one attached hydrogen (secondary N) is 1. The van der Waals surface area contributed by atoms with Crippen LogP contribution in [0.15, 0.2) is 24.3 Å². The largest absolute Gasteiger partial charge is 0.354 e. The van der Waals surface area contributed by atoms with Crippen LogP contribution in [0.25, 0.3) is 0 Å². The molecule has 0 spiro atoms. The molecule has 0 bridgehead atoms. The molecule has 1 amide bonds. The van der Waals surface area contributed by atoms with Gasteiger partial charge in [0.1, 0.15) is 0 Å². The van der Waals surface area contributed by atoms with E-state index in [9.17, 15) is 4.79 Å². The molecule has 0 aromatic heterocycles. The fourth-order valence-corrected chi connectivity index (χ4v) is 2.73. The fourth-order valence-electron chi connectivity index (χ4n) is 2.24. The first-order valence-corrected chi connectivity index (χ1v) is 8.36. The molecule has 0 saturated carbocycles. The van der Waals surface area contributed by atoms with E-state index in [0.29, 0.717) is 6.54 Å². The van der Waals surface area contributed by atoms with Crippen LogP contribution in [0.5, 0.6) is 0 Å². The lowest BCUT2D eigenvalue weighted by atomic mass is 9.82. The van der Waals surface area contributed by atoms with Gasteiger partial charge in [-0.1, -0.05) is 38.1 Å². The molecule has 0 saturated heterocycles. The Balaban J connectivity index is 2.60. The maximum Gasteiger partial charge on any atom is 0.236 e. The maximum absolute atomic E-state index is 12.0. The van der Waals surface area contributed by atoms with Gasteiger partial charge in [-0.2, -0.15) is 11.8 Å². The molecule has 0 aliphatic heterocycles. The Morgan fingerprint density at radius 2 is 2.05 bits per heavy atom. The second-order valence-corrected chi connectivity index (χ2v) is 6.79.